The highest BCUT2D eigenvalue weighted by atomic mass is 35.5. The van der Waals surface area contributed by atoms with Crippen molar-refractivity contribution < 1.29 is 23.4 Å². The van der Waals surface area contributed by atoms with Gasteiger partial charge in [0.15, 0.2) is 0 Å². The molecule has 0 atom stereocenters. The lowest BCUT2D eigenvalue weighted by atomic mass is 9.79. The molecule has 0 amide bonds. The van der Waals surface area contributed by atoms with Gasteiger partial charge in [-0.15, -0.1) is 0 Å². The second-order valence-electron chi connectivity index (χ2n) is 6.75. The number of hydrogen-bond donors (Lipinski definition) is 2. The molecule has 1 heterocycles. The normalized spacial score (nSPS) is 18.4. The van der Waals surface area contributed by atoms with E-state index in [1.54, 1.807) is 0 Å². The lowest BCUT2D eigenvalue weighted by Crippen LogP contribution is -2.48. The van der Waals surface area contributed by atoms with Crippen molar-refractivity contribution in [2.24, 2.45) is 5.41 Å². The van der Waals surface area contributed by atoms with Gasteiger partial charge in [0.25, 0.3) is 0 Å². The Morgan fingerprint density at radius 3 is 2.40 bits per heavy atom. The van der Waals surface area contributed by atoms with Gasteiger partial charge in [-0.1, -0.05) is 11.6 Å². The molecule has 0 aliphatic carbocycles. The molecule has 140 valence electrons. The van der Waals surface area contributed by atoms with Crippen molar-refractivity contribution in [3.8, 4) is 0 Å². The van der Waals surface area contributed by atoms with Gasteiger partial charge in [0.05, 0.1) is 17.2 Å². The minimum absolute atomic E-state index is 0.00251. The number of nitrogens with zero attached hydrogens (tertiary/aromatic N) is 2. The van der Waals surface area contributed by atoms with Gasteiger partial charge in [0.1, 0.15) is 4.90 Å². The SMILES string of the molecule is CN(C)CC1(CO)CCN(S(=O)(=O)c2cc(C(=O)O)ccc2Cl)CC1. The molecule has 7 nitrogen and oxygen atoms in total. The monoisotopic (exact) mass is 390 g/mol. The smallest absolute Gasteiger partial charge is 0.335 e. The average Bonchev–Trinajstić information content (AvgIpc) is 2.54. The van der Waals surface area contributed by atoms with Gasteiger partial charge in [-0.25, -0.2) is 13.2 Å². The molecular formula is C16H23ClN2O5S. The Bertz CT molecular complexity index is 743. The maximum absolute atomic E-state index is 12.9. The molecular weight excluding hydrogens is 368 g/mol. The van der Waals surface area contributed by atoms with E-state index in [4.69, 9.17) is 16.7 Å². The first-order chi connectivity index (χ1) is 11.6. The van der Waals surface area contributed by atoms with Crippen molar-refractivity contribution in [3.05, 3.63) is 28.8 Å². The Kier molecular flexibility index (Phi) is 6.11. The Labute approximate surface area is 152 Å². The fourth-order valence-corrected chi connectivity index (χ4v) is 5.15. The fourth-order valence-electron chi connectivity index (χ4n) is 3.21. The van der Waals surface area contributed by atoms with Crippen molar-refractivity contribution in [1.82, 2.24) is 9.21 Å². The highest BCUT2D eigenvalue weighted by molar-refractivity contribution is 7.89. The lowest BCUT2D eigenvalue weighted by Gasteiger charge is -2.41. The van der Waals surface area contributed by atoms with Crippen LogP contribution < -0.4 is 0 Å². The van der Waals surface area contributed by atoms with E-state index >= 15 is 0 Å². The largest absolute Gasteiger partial charge is 0.478 e. The lowest BCUT2D eigenvalue weighted by molar-refractivity contribution is 0.0442. The summed E-state index contributed by atoms with van der Waals surface area (Å²) in [5.41, 5.74) is -0.459. The molecule has 1 aromatic carbocycles. The molecule has 0 saturated carbocycles. The molecule has 1 fully saturated rings. The van der Waals surface area contributed by atoms with Crippen molar-refractivity contribution in [1.29, 1.82) is 0 Å². The Morgan fingerprint density at radius 2 is 1.92 bits per heavy atom. The molecule has 0 bridgehead atoms. The number of carbonyl (C=O) groups is 1. The number of aromatic carboxylic acids is 1. The molecule has 2 N–H and O–H groups in total. The number of carboxylic acid groups (broad SMARTS) is 1. The molecule has 0 unspecified atom stereocenters. The Hall–Kier alpha value is -1.19. The van der Waals surface area contributed by atoms with Crippen LogP contribution in [0.5, 0.6) is 0 Å². The van der Waals surface area contributed by atoms with Crippen LogP contribution in [0.1, 0.15) is 23.2 Å². The van der Waals surface area contributed by atoms with Gasteiger partial charge in [0.2, 0.25) is 10.0 Å². The Morgan fingerprint density at radius 1 is 1.32 bits per heavy atom. The van der Waals surface area contributed by atoms with Crippen LogP contribution in [-0.2, 0) is 10.0 Å². The standard InChI is InChI=1S/C16H23ClN2O5S/c1-18(2)10-16(11-20)5-7-19(8-6-16)25(23,24)14-9-12(15(21)22)3-4-13(14)17/h3-4,9,20H,5-8,10-11H2,1-2H3,(H,21,22). The van der Waals surface area contributed by atoms with Gasteiger partial charge in [-0.05, 0) is 45.1 Å². The van der Waals surface area contributed by atoms with E-state index in [9.17, 15) is 18.3 Å². The summed E-state index contributed by atoms with van der Waals surface area (Å²) in [4.78, 5) is 12.9. The zero-order valence-corrected chi connectivity index (χ0v) is 15.8. The van der Waals surface area contributed by atoms with Crippen LogP contribution >= 0.6 is 11.6 Å². The first-order valence-electron chi connectivity index (χ1n) is 7.90. The van der Waals surface area contributed by atoms with Crippen LogP contribution in [0.2, 0.25) is 5.02 Å². The van der Waals surface area contributed by atoms with Crippen LogP contribution in [0.25, 0.3) is 0 Å². The molecule has 0 spiro atoms. The number of aliphatic hydroxyl groups is 1. The van der Waals surface area contributed by atoms with Gasteiger partial charge >= 0.3 is 5.97 Å². The van der Waals surface area contributed by atoms with Crippen molar-refractivity contribution in [2.45, 2.75) is 17.7 Å². The van der Waals surface area contributed by atoms with Gasteiger partial charge in [0, 0.05) is 25.0 Å². The highest BCUT2D eigenvalue weighted by Crippen LogP contribution is 2.35. The van der Waals surface area contributed by atoms with E-state index in [0.29, 0.717) is 19.4 Å². The van der Waals surface area contributed by atoms with Gasteiger partial charge in [-0.3, -0.25) is 0 Å². The van der Waals surface area contributed by atoms with Crippen LogP contribution in [0, 0.1) is 5.41 Å². The topological polar surface area (TPSA) is 98.2 Å². The summed E-state index contributed by atoms with van der Waals surface area (Å²) in [6.45, 7) is 1.18. The number of sulfonamides is 1. The van der Waals surface area contributed by atoms with Gasteiger partial charge in [-0.2, -0.15) is 4.31 Å². The van der Waals surface area contributed by atoms with Crippen LogP contribution in [0.3, 0.4) is 0 Å². The molecule has 0 radical (unpaired) electrons. The third-order valence-corrected chi connectivity index (χ3v) is 6.95. The molecule has 1 aromatic rings. The summed E-state index contributed by atoms with van der Waals surface area (Å²) < 4.78 is 27.1. The molecule has 25 heavy (non-hydrogen) atoms. The summed E-state index contributed by atoms with van der Waals surface area (Å²) in [5, 5.41) is 18.8. The van der Waals surface area contributed by atoms with Crippen molar-refractivity contribution in [3.63, 3.8) is 0 Å². The zero-order chi connectivity index (χ0) is 18.8. The highest BCUT2D eigenvalue weighted by Gasteiger charge is 2.39. The molecule has 2 rings (SSSR count). The molecule has 0 aromatic heterocycles. The van der Waals surface area contributed by atoms with Gasteiger partial charge < -0.3 is 15.1 Å². The maximum atomic E-state index is 12.9. The third kappa shape index (κ3) is 4.32. The second-order valence-corrected chi connectivity index (χ2v) is 9.06. The minimum Gasteiger partial charge on any atom is -0.478 e. The van der Waals surface area contributed by atoms with E-state index in [0.717, 1.165) is 6.07 Å². The van der Waals surface area contributed by atoms with Crippen molar-refractivity contribution >= 4 is 27.6 Å². The summed E-state index contributed by atoms with van der Waals surface area (Å²) in [7, 11) is -0.0640. The number of rotatable bonds is 6. The average molecular weight is 391 g/mol. The number of benzene rings is 1. The van der Waals surface area contributed by atoms with Crippen LogP contribution in [0.15, 0.2) is 23.1 Å². The van der Waals surface area contributed by atoms with E-state index in [1.165, 1.54) is 16.4 Å². The van der Waals surface area contributed by atoms with E-state index in [-0.39, 0.29) is 40.6 Å². The third-order valence-electron chi connectivity index (χ3n) is 4.57. The fraction of sp³-hybridized carbons (Fsp3) is 0.562. The predicted molar refractivity (Wildman–Crippen MR) is 94.5 cm³/mol. The summed E-state index contributed by atoms with van der Waals surface area (Å²) >= 11 is 6.01. The summed E-state index contributed by atoms with van der Waals surface area (Å²) in [5.74, 6) is -1.21. The summed E-state index contributed by atoms with van der Waals surface area (Å²) in [6.07, 6.45) is 1.05. The van der Waals surface area contributed by atoms with E-state index in [1.807, 2.05) is 19.0 Å². The molecule has 9 heteroatoms. The second kappa shape index (κ2) is 7.59. The number of piperidine rings is 1. The first-order valence-corrected chi connectivity index (χ1v) is 9.72. The number of hydrogen-bond acceptors (Lipinski definition) is 5. The number of aliphatic hydroxyl groups excluding tert-OH is 1. The van der Waals surface area contributed by atoms with Crippen molar-refractivity contribution in [2.75, 3.05) is 40.3 Å². The quantitative estimate of drug-likeness (QED) is 0.761. The summed E-state index contributed by atoms with van der Waals surface area (Å²) in [6, 6.07) is 3.65. The Balaban J connectivity index is 2.25. The number of carboxylic acids is 1. The molecule has 1 aliphatic heterocycles. The number of halogens is 1. The zero-order valence-electron chi connectivity index (χ0n) is 14.3. The minimum atomic E-state index is -3.89. The predicted octanol–water partition coefficient (Wildman–Crippen LogP) is 1.36. The van der Waals surface area contributed by atoms with Crippen LogP contribution in [-0.4, -0.2) is 74.1 Å². The van der Waals surface area contributed by atoms with Crippen LogP contribution in [0.4, 0.5) is 0 Å². The molecule has 1 aliphatic rings. The van der Waals surface area contributed by atoms with E-state index < -0.39 is 16.0 Å². The molecule has 1 saturated heterocycles. The maximum Gasteiger partial charge on any atom is 0.335 e. The first kappa shape index (κ1) is 20.1. The van der Waals surface area contributed by atoms with E-state index in [2.05, 4.69) is 0 Å².